The molecule has 1 aromatic carbocycles. The fourth-order valence-electron chi connectivity index (χ4n) is 3.68. The molecule has 0 spiro atoms. The lowest BCUT2D eigenvalue weighted by Gasteiger charge is -2.36. The van der Waals surface area contributed by atoms with Crippen molar-refractivity contribution in [1.29, 1.82) is 0 Å². The third kappa shape index (κ3) is 3.87. The third-order valence-electron chi connectivity index (χ3n) is 5.27. The van der Waals surface area contributed by atoms with Crippen molar-refractivity contribution in [2.45, 2.75) is 43.9 Å². The molecule has 1 amide bonds. The van der Waals surface area contributed by atoms with Crippen molar-refractivity contribution < 1.29 is 17.6 Å². The molecule has 0 unspecified atom stereocenters. The second-order valence-electron chi connectivity index (χ2n) is 6.98. The summed E-state index contributed by atoms with van der Waals surface area (Å²) in [7, 11) is -3.65. The van der Waals surface area contributed by atoms with Crippen LogP contribution in [0.3, 0.4) is 0 Å². The number of hydrogen-bond acceptors (Lipinski definition) is 3. The fourth-order valence-corrected chi connectivity index (χ4v) is 5.19. The molecular weight excluding hydrogens is 343 g/mol. The van der Waals surface area contributed by atoms with Crippen molar-refractivity contribution in [2.75, 3.05) is 26.2 Å². The molecule has 0 bridgehead atoms. The normalized spacial score (nSPS) is 20.6. The Morgan fingerprint density at radius 3 is 2.32 bits per heavy atom. The Labute approximate surface area is 148 Å². The molecule has 1 aliphatic carbocycles. The van der Waals surface area contributed by atoms with Crippen LogP contribution in [0, 0.1) is 18.7 Å². The number of sulfonamides is 1. The molecule has 2 aliphatic rings. The average Bonchev–Trinajstić information content (AvgIpc) is 2.64. The lowest BCUT2D eigenvalue weighted by molar-refractivity contribution is -0.137. The van der Waals surface area contributed by atoms with Crippen LogP contribution in [0.25, 0.3) is 0 Å². The van der Waals surface area contributed by atoms with E-state index in [2.05, 4.69) is 0 Å². The number of benzene rings is 1. The van der Waals surface area contributed by atoms with E-state index in [9.17, 15) is 17.6 Å². The van der Waals surface area contributed by atoms with Gasteiger partial charge in [-0.05, 0) is 43.5 Å². The first-order valence-electron chi connectivity index (χ1n) is 8.94. The molecule has 1 aliphatic heterocycles. The first kappa shape index (κ1) is 18.3. The molecule has 1 heterocycles. The van der Waals surface area contributed by atoms with Gasteiger partial charge in [-0.15, -0.1) is 0 Å². The molecule has 1 aromatic rings. The highest BCUT2D eigenvalue weighted by atomic mass is 32.2. The van der Waals surface area contributed by atoms with Gasteiger partial charge in [0.2, 0.25) is 15.9 Å². The van der Waals surface area contributed by atoms with Gasteiger partial charge in [-0.3, -0.25) is 4.79 Å². The Balaban J connectivity index is 1.64. The minimum atomic E-state index is -3.65. The van der Waals surface area contributed by atoms with Crippen LogP contribution in [0.15, 0.2) is 23.1 Å². The summed E-state index contributed by atoms with van der Waals surface area (Å²) in [5, 5.41) is 0. The topological polar surface area (TPSA) is 57.7 Å². The van der Waals surface area contributed by atoms with E-state index in [4.69, 9.17) is 0 Å². The number of nitrogens with zero attached hydrogens (tertiary/aromatic N) is 2. The molecule has 1 saturated carbocycles. The van der Waals surface area contributed by atoms with E-state index in [1.165, 1.54) is 28.9 Å². The summed E-state index contributed by atoms with van der Waals surface area (Å²) in [6.07, 6.45) is 5.31. The summed E-state index contributed by atoms with van der Waals surface area (Å²) in [6, 6.07) is 3.85. The van der Waals surface area contributed by atoms with Crippen molar-refractivity contribution in [3.05, 3.63) is 29.6 Å². The molecular formula is C18H25FN2O3S. The predicted octanol–water partition coefficient (Wildman–Crippen LogP) is 2.55. The zero-order valence-electron chi connectivity index (χ0n) is 14.6. The number of aryl methyl sites for hydroxylation is 1. The third-order valence-corrected chi connectivity index (χ3v) is 7.17. The highest BCUT2D eigenvalue weighted by Gasteiger charge is 2.33. The molecule has 3 rings (SSSR count). The Morgan fingerprint density at radius 2 is 1.72 bits per heavy atom. The number of amides is 1. The molecule has 2 fully saturated rings. The minimum Gasteiger partial charge on any atom is -0.340 e. The first-order chi connectivity index (χ1) is 11.9. The number of hydrogen-bond donors (Lipinski definition) is 0. The zero-order chi connectivity index (χ0) is 18.0. The van der Waals surface area contributed by atoms with Crippen LogP contribution < -0.4 is 0 Å². The van der Waals surface area contributed by atoms with Crippen molar-refractivity contribution >= 4 is 15.9 Å². The molecule has 5 nitrogen and oxygen atoms in total. The Bertz CT molecular complexity index is 737. The van der Waals surface area contributed by atoms with Crippen LogP contribution in [0.1, 0.15) is 37.7 Å². The molecule has 0 N–H and O–H groups in total. The maximum atomic E-state index is 13.4. The Hall–Kier alpha value is -1.47. The molecule has 0 atom stereocenters. The summed E-state index contributed by atoms with van der Waals surface area (Å²) in [6.45, 7) is 2.98. The van der Waals surface area contributed by atoms with Gasteiger partial charge in [0.25, 0.3) is 0 Å². The molecule has 1 saturated heterocycles. The van der Waals surface area contributed by atoms with E-state index < -0.39 is 15.8 Å². The maximum absolute atomic E-state index is 13.4. The highest BCUT2D eigenvalue weighted by molar-refractivity contribution is 7.89. The molecule has 0 radical (unpaired) electrons. The van der Waals surface area contributed by atoms with Crippen LogP contribution >= 0.6 is 0 Å². The van der Waals surface area contributed by atoms with Gasteiger partial charge in [0.05, 0.1) is 4.90 Å². The van der Waals surface area contributed by atoms with Gasteiger partial charge >= 0.3 is 0 Å². The van der Waals surface area contributed by atoms with Crippen LogP contribution in [0.4, 0.5) is 4.39 Å². The first-order valence-corrected chi connectivity index (χ1v) is 10.4. The largest absolute Gasteiger partial charge is 0.340 e. The molecule has 0 aromatic heterocycles. The standard InChI is InChI=1S/C18H25FN2O3S/c1-14-13-16(7-8-17(14)19)25(23,24)21-11-9-20(10-12-21)18(22)15-5-3-2-4-6-15/h7-8,13,15H,2-6,9-12H2,1H3. The van der Waals surface area contributed by atoms with Gasteiger partial charge in [0.1, 0.15) is 5.82 Å². The van der Waals surface area contributed by atoms with Gasteiger partial charge in [0, 0.05) is 32.1 Å². The van der Waals surface area contributed by atoms with E-state index in [0.29, 0.717) is 18.7 Å². The van der Waals surface area contributed by atoms with Gasteiger partial charge in [-0.1, -0.05) is 19.3 Å². The van der Waals surface area contributed by atoms with Crippen LogP contribution in [0.2, 0.25) is 0 Å². The van der Waals surface area contributed by atoms with E-state index in [0.717, 1.165) is 25.7 Å². The van der Waals surface area contributed by atoms with Gasteiger partial charge in [0.15, 0.2) is 0 Å². The van der Waals surface area contributed by atoms with Gasteiger partial charge in [-0.25, -0.2) is 12.8 Å². The van der Waals surface area contributed by atoms with Crippen molar-refractivity contribution in [2.24, 2.45) is 5.92 Å². The highest BCUT2D eigenvalue weighted by Crippen LogP contribution is 2.26. The van der Waals surface area contributed by atoms with Crippen molar-refractivity contribution in [1.82, 2.24) is 9.21 Å². The van der Waals surface area contributed by atoms with Gasteiger partial charge in [-0.2, -0.15) is 4.31 Å². The van der Waals surface area contributed by atoms with E-state index in [1.807, 2.05) is 0 Å². The van der Waals surface area contributed by atoms with Crippen molar-refractivity contribution in [3.63, 3.8) is 0 Å². The predicted molar refractivity (Wildman–Crippen MR) is 93.1 cm³/mol. The SMILES string of the molecule is Cc1cc(S(=O)(=O)N2CCN(C(=O)C3CCCCC3)CC2)ccc1F. The summed E-state index contributed by atoms with van der Waals surface area (Å²) < 4.78 is 40.2. The monoisotopic (exact) mass is 368 g/mol. The van der Waals surface area contributed by atoms with Gasteiger partial charge < -0.3 is 4.90 Å². The number of piperazine rings is 1. The number of rotatable bonds is 3. The number of carbonyl (C=O) groups is 1. The number of halogens is 1. The van der Waals surface area contributed by atoms with Crippen LogP contribution in [0.5, 0.6) is 0 Å². The smallest absolute Gasteiger partial charge is 0.243 e. The molecule has 138 valence electrons. The maximum Gasteiger partial charge on any atom is 0.243 e. The quantitative estimate of drug-likeness (QED) is 0.824. The molecule has 25 heavy (non-hydrogen) atoms. The van der Waals surface area contributed by atoms with E-state index in [1.54, 1.807) is 11.8 Å². The lowest BCUT2D eigenvalue weighted by atomic mass is 9.88. The summed E-state index contributed by atoms with van der Waals surface area (Å²) >= 11 is 0. The van der Waals surface area contributed by atoms with Crippen LogP contribution in [-0.2, 0) is 14.8 Å². The Morgan fingerprint density at radius 1 is 1.08 bits per heavy atom. The zero-order valence-corrected chi connectivity index (χ0v) is 15.4. The lowest BCUT2D eigenvalue weighted by Crippen LogP contribution is -2.52. The van der Waals surface area contributed by atoms with E-state index >= 15 is 0 Å². The van der Waals surface area contributed by atoms with Crippen LogP contribution in [-0.4, -0.2) is 49.7 Å². The van der Waals surface area contributed by atoms with E-state index in [-0.39, 0.29) is 29.8 Å². The Kier molecular flexibility index (Phi) is 5.43. The summed E-state index contributed by atoms with van der Waals surface area (Å²) in [4.78, 5) is 14.5. The second kappa shape index (κ2) is 7.41. The fraction of sp³-hybridized carbons (Fsp3) is 0.611. The summed E-state index contributed by atoms with van der Waals surface area (Å²) in [5.74, 6) is -0.132. The number of carbonyl (C=O) groups excluding carboxylic acids is 1. The summed E-state index contributed by atoms with van der Waals surface area (Å²) in [5.41, 5.74) is 0.312. The second-order valence-corrected chi connectivity index (χ2v) is 8.91. The minimum absolute atomic E-state index is 0.108. The molecule has 7 heteroatoms. The average molecular weight is 368 g/mol. The van der Waals surface area contributed by atoms with Crippen molar-refractivity contribution in [3.8, 4) is 0 Å².